The summed E-state index contributed by atoms with van der Waals surface area (Å²) in [7, 11) is -2.61. The van der Waals surface area contributed by atoms with Gasteiger partial charge in [0.05, 0.1) is 0 Å². The fraction of sp³-hybridized carbons (Fsp3) is 0.944. The van der Waals surface area contributed by atoms with E-state index in [1.165, 1.54) is 0 Å². The molecule has 24 heavy (non-hydrogen) atoms. The van der Waals surface area contributed by atoms with Crippen molar-refractivity contribution in [2.75, 3.05) is 19.8 Å². The van der Waals surface area contributed by atoms with Crippen LogP contribution in [0.1, 0.15) is 68.2 Å². The van der Waals surface area contributed by atoms with Crippen molar-refractivity contribution in [3.8, 4) is 0 Å². The van der Waals surface area contributed by atoms with E-state index in [2.05, 4.69) is 33.0 Å². The van der Waals surface area contributed by atoms with Crippen LogP contribution in [0.15, 0.2) is 0 Å². The van der Waals surface area contributed by atoms with Gasteiger partial charge in [-0.1, -0.05) is 0 Å². The smallest absolute Gasteiger partial charge is 0.374 e. The van der Waals surface area contributed by atoms with Gasteiger partial charge in [-0.05, 0) is 68.2 Å². The van der Waals surface area contributed by atoms with Crippen molar-refractivity contribution in [2.24, 2.45) is 5.92 Å². The number of ketones is 1. The highest BCUT2D eigenvalue weighted by Crippen LogP contribution is 2.23. The molecule has 5 nitrogen and oxygen atoms in total. The first-order valence-electron chi connectivity index (χ1n) is 9.30. The number of carbonyl (C=O) groups is 1. The second kappa shape index (κ2) is 11.4. The molecule has 0 amide bonds. The Morgan fingerprint density at radius 2 is 1.50 bits per heavy atom. The molecule has 0 aromatic heterocycles. The average molecular weight is 362 g/mol. The van der Waals surface area contributed by atoms with Crippen molar-refractivity contribution in [3.63, 3.8) is 0 Å². The molecule has 0 aromatic rings. The summed E-state index contributed by atoms with van der Waals surface area (Å²) in [6, 6.07) is 0.902. The van der Waals surface area contributed by atoms with E-state index in [1.807, 2.05) is 20.8 Å². The number of rotatable bonds is 13. The molecule has 0 radical (unpaired) electrons. The van der Waals surface area contributed by atoms with E-state index in [-0.39, 0.29) is 23.3 Å². The summed E-state index contributed by atoms with van der Waals surface area (Å²) in [5.41, 5.74) is -0.00636. The van der Waals surface area contributed by atoms with Gasteiger partial charge in [-0.2, -0.15) is 0 Å². The normalized spacial score (nSPS) is 15.3. The molecule has 1 N–H and O–H groups in total. The highest BCUT2D eigenvalue weighted by molar-refractivity contribution is 6.60. The van der Waals surface area contributed by atoms with Gasteiger partial charge in [-0.25, -0.2) is 0 Å². The van der Waals surface area contributed by atoms with Gasteiger partial charge in [0.1, 0.15) is 5.78 Å². The zero-order valence-corrected chi connectivity index (χ0v) is 18.0. The van der Waals surface area contributed by atoms with Gasteiger partial charge in [-0.15, -0.1) is 0 Å². The Balaban J connectivity index is 4.79. The zero-order chi connectivity index (χ0) is 18.8. The first-order chi connectivity index (χ1) is 11.1. The van der Waals surface area contributed by atoms with Gasteiger partial charge in [0.2, 0.25) is 0 Å². The molecule has 0 saturated heterocycles. The third kappa shape index (κ3) is 9.27. The Labute approximate surface area is 150 Å². The van der Waals surface area contributed by atoms with Crippen LogP contribution < -0.4 is 5.32 Å². The standard InChI is InChI=1S/C18H39NO4Si/c1-9-21-24(22-10-2,23-11-3)14-12-13-17(16(5)20)15(4)19-18(6,7)8/h15,17,19H,9-14H2,1-8H3. The predicted octanol–water partition coefficient (Wildman–Crippen LogP) is 3.80. The highest BCUT2D eigenvalue weighted by atomic mass is 28.4. The molecule has 0 saturated carbocycles. The summed E-state index contributed by atoms with van der Waals surface area (Å²) in [5, 5.41) is 3.52. The number of Topliss-reactive ketones (excluding diaryl/α,β-unsaturated/α-hetero) is 1. The van der Waals surface area contributed by atoms with E-state index < -0.39 is 8.80 Å². The molecular formula is C18H39NO4Si. The van der Waals surface area contributed by atoms with E-state index in [4.69, 9.17) is 13.3 Å². The Kier molecular flexibility index (Phi) is 11.2. The maximum Gasteiger partial charge on any atom is 0.500 e. The molecule has 6 heteroatoms. The third-order valence-electron chi connectivity index (χ3n) is 3.88. The fourth-order valence-corrected chi connectivity index (χ4v) is 5.77. The molecule has 144 valence electrons. The first-order valence-corrected chi connectivity index (χ1v) is 11.2. The average Bonchev–Trinajstić information content (AvgIpc) is 2.42. The lowest BCUT2D eigenvalue weighted by Gasteiger charge is -2.32. The number of carbonyl (C=O) groups excluding carboxylic acids is 1. The molecule has 0 bridgehead atoms. The second-order valence-electron chi connectivity index (χ2n) is 7.27. The molecule has 0 aromatic carbocycles. The quantitative estimate of drug-likeness (QED) is 0.506. The summed E-state index contributed by atoms with van der Waals surface area (Å²) in [5.74, 6) is 0.233. The van der Waals surface area contributed by atoms with Crippen molar-refractivity contribution >= 4 is 14.6 Å². The van der Waals surface area contributed by atoms with Gasteiger partial charge in [0, 0.05) is 43.4 Å². The van der Waals surface area contributed by atoms with Gasteiger partial charge < -0.3 is 18.6 Å². The fourth-order valence-electron chi connectivity index (χ4n) is 3.13. The molecule has 0 aliphatic rings. The lowest BCUT2D eigenvalue weighted by atomic mass is 9.90. The van der Waals surface area contributed by atoms with Crippen LogP contribution in [0, 0.1) is 5.92 Å². The van der Waals surface area contributed by atoms with Gasteiger partial charge in [-0.3, -0.25) is 4.79 Å². The van der Waals surface area contributed by atoms with E-state index in [1.54, 1.807) is 6.92 Å². The van der Waals surface area contributed by atoms with E-state index in [0.717, 1.165) is 18.9 Å². The minimum absolute atomic E-state index is 0.000745. The van der Waals surface area contributed by atoms with Crippen LogP contribution >= 0.6 is 0 Å². The minimum Gasteiger partial charge on any atom is -0.374 e. The van der Waals surface area contributed by atoms with Crippen LogP contribution in [-0.4, -0.2) is 46.0 Å². The minimum atomic E-state index is -2.61. The van der Waals surface area contributed by atoms with Crippen LogP contribution in [-0.2, 0) is 18.1 Å². The summed E-state index contributed by atoms with van der Waals surface area (Å²) < 4.78 is 17.7. The van der Waals surface area contributed by atoms with Gasteiger partial charge in [0.15, 0.2) is 0 Å². The van der Waals surface area contributed by atoms with E-state index in [9.17, 15) is 4.79 Å². The molecule has 0 rings (SSSR count). The van der Waals surface area contributed by atoms with Crippen molar-refractivity contribution in [1.29, 1.82) is 0 Å². The van der Waals surface area contributed by atoms with Crippen LogP contribution in [0.3, 0.4) is 0 Å². The van der Waals surface area contributed by atoms with Gasteiger partial charge in [0.25, 0.3) is 0 Å². The molecule has 2 atom stereocenters. The second-order valence-corrected chi connectivity index (χ2v) is 10.0. The van der Waals surface area contributed by atoms with Crippen LogP contribution in [0.5, 0.6) is 0 Å². The summed E-state index contributed by atoms with van der Waals surface area (Å²) in [6.07, 6.45) is 1.69. The van der Waals surface area contributed by atoms with Crippen LogP contribution in [0.25, 0.3) is 0 Å². The number of nitrogens with one attached hydrogen (secondary N) is 1. The Bertz CT molecular complexity index is 340. The van der Waals surface area contributed by atoms with Crippen molar-refractivity contribution in [2.45, 2.75) is 85.9 Å². The van der Waals surface area contributed by atoms with Crippen molar-refractivity contribution in [1.82, 2.24) is 5.32 Å². The summed E-state index contributed by atoms with van der Waals surface area (Å²) >= 11 is 0. The molecular weight excluding hydrogens is 322 g/mol. The monoisotopic (exact) mass is 361 g/mol. The molecule has 0 fully saturated rings. The number of hydrogen-bond acceptors (Lipinski definition) is 5. The zero-order valence-electron chi connectivity index (χ0n) is 17.0. The van der Waals surface area contributed by atoms with Crippen molar-refractivity contribution < 1.29 is 18.1 Å². The lowest BCUT2D eigenvalue weighted by Crippen LogP contribution is -2.48. The summed E-state index contributed by atoms with van der Waals surface area (Å²) in [4.78, 5) is 12.1. The third-order valence-corrected chi connectivity index (χ3v) is 7.03. The SMILES string of the molecule is CCO[Si](CCCC(C(C)=O)C(C)NC(C)(C)C)(OCC)OCC. The lowest BCUT2D eigenvalue weighted by molar-refractivity contribution is -0.121. The van der Waals surface area contributed by atoms with Crippen LogP contribution in [0.4, 0.5) is 0 Å². The Morgan fingerprint density at radius 3 is 1.83 bits per heavy atom. The van der Waals surface area contributed by atoms with Crippen LogP contribution in [0.2, 0.25) is 6.04 Å². The Hall–Kier alpha value is -0.273. The van der Waals surface area contributed by atoms with Crippen molar-refractivity contribution in [3.05, 3.63) is 0 Å². The molecule has 0 spiro atoms. The predicted molar refractivity (Wildman–Crippen MR) is 101 cm³/mol. The van der Waals surface area contributed by atoms with Gasteiger partial charge >= 0.3 is 8.80 Å². The maximum absolute atomic E-state index is 12.1. The van der Waals surface area contributed by atoms with E-state index >= 15 is 0 Å². The largest absolute Gasteiger partial charge is 0.500 e. The maximum atomic E-state index is 12.1. The molecule has 2 unspecified atom stereocenters. The Morgan fingerprint density at radius 1 is 1.04 bits per heavy atom. The molecule has 0 aliphatic carbocycles. The summed E-state index contributed by atoms with van der Waals surface area (Å²) in [6.45, 7) is 17.8. The first kappa shape index (κ1) is 23.7. The topological polar surface area (TPSA) is 56.8 Å². The highest BCUT2D eigenvalue weighted by Gasteiger charge is 2.40. The molecule has 0 heterocycles. The van der Waals surface area contributed by atoms with E-state index in [0.29, 0.717) is 19.8 Å². The number of hydrogen-bond donors (Lipinski definition) is 1. The molecule has 0 aliphatic heterocycles.